The number of amides is 4. The van der Waals surface area contributed by atoms with Crippen LogP contribution in [0.2, 0.25) is 0 Å². The fourth-order valence-corrected chi connectivity index (χ4v) is 5.37. The number of hydrogen-bond acceptors (Lipinski definition) is 6. The minimum atomic E-state index is -0.461. The maximum Gasteiger partial charge on any atom is 0.410 e. The quantitative estimate of drug-likeness (QED) is 0.658. The zero-order valence-corrected chi connectivity index (χ0v) is 20.1. The molecule has 10 nitrogen and oxygen atoms in total. The minimum Gasteiger partial charge on any atom is -0.459 e. The van der Waals surface area contributed by atoms with Crippen LogP contribution in [0.4, 0.5) is 4.79 Å². The van der Waals surface area contributed by atoms with Gasteiger partial charge in [0, 0.05) is 26.2 Å². The van der Waals surface area contributed by atoms with Crippen LogP contribution in [0.1, 0.15) is 41.4 Å². The second-order valence-corrected chi connectivity index (χ2v) is 9.74. The van der Waals surface area contributed by atoms with Crippen molar-refractivity contribution in [2.75, 3.05) is 45.9 Å². The van der Waals surface area contributed by atoms with Crippen LogP contribution < -0.4 is 5.32 Å². The Bertz CT molecular complexity index is 1110. The molecule has 5 rings (SSSR count). The Balaban J connectivity index is 1.11. The molecule has 190 valence electrons. The molecule has 3 saturated heterocycles. The van der Waals surface area contributed by atoms with E-state index in [1.807, 2.05) is 35.2 Å². The summed E-state index contributed by atoms with van der Waals surface area (Å²) >= 11 is 0. The van der Waals surface area contributed by atoms with E-state index in [9.17, 15) is 19.2 Å². The molecule has 3 aliphatic heterocycles. The molecule has 4 heterocycles. The first-order valence-electron chi connectivity index (χ1n) is 12.3. The Morgan fingerprint density at radius 3 is 2.36 bits per heavy atom. The molecule has 1 aromatic carbocycles. The third kappa shape index (κ3) is 4.93. The molecule has 3 fully saturated rings. The maximum absolute atomic E-state index is 13.1. The number of hydrogen-bond donors (Lipinski definition) is 1. The lowest BCUT2D eigenvalue weighted by Gasteiger charge is -2.39. The number of furan rings is 1. The number of carbonyl (C=O) groups is 4. The first-order valence-corrected chi connectivity index (χ1v) is 12.3. The second-order valence-electron chi connectivity index (χ2n) is 9.74. The summed E-state index contributed by atoms with van der Waals surface area (Å²) in [6, 6.07) is 12.5. The van der Waals surface area contributed by atoms with Crippen LogP contribution in [-0.4, -0.2) is 84.4 Å². The number of benzene rings is 1. The third-order valence-electron chi connectivity index (χ3n) is 7.58. The van der Waals surface area contributed by atoms with Gasteiger partial charge in [0.2, 0.25) is 11.8 Å². The highest BCUT2D eigenvalue weighted by Gasteiger charge is 2.44. The van der Waals surface area contributed by atoms with Gasteiger partial charge in [-0.15, -0.1) is 0 Å². The van der Waals surface area contributed by atoms with Crippen molar-refractivity contribution in [3.05, 3.63) is 60.1 Å². The lowest BCUT2D eigenvalue weighted by molar-refractivity contribution is -0.134. The SMILES string of the molecule is O=C(NCC(=O)N1CCC2(CC1)CCN(C(=O)CN1C(=O)OCC1c1ccccc1)C2)c1ccco1. The maximum atomic E-state index is 13.1. The largest absolute Gasteiger partial charge is 0.459 e. The average molecular weight is 495 g/mol. The van der Waals surface area contributed by atoms with E-state index in [0.717, 1.165) is 24.8 Å². The van der Waals surface area contributed by atoms with E-state index < -0.39 is 12.0 Å². The van der Waals surface area contributed by atoms with E-state index in [1.54, 1.807) is 17.0 Å². The van der Waals surface area contributed by atoms with E-state index in [-0.39, 0.29) is 48.7 Å². The van der Waals surface area contributed by atoms with E-state index in [0.29, 0.717) is 26.2 Å². The van der Waals surface area contributed by atoms with Gasteiger partial charge in [0.1, 0.15) is 13.2 Å². The van der Waals surface area contributed by atoms with Crippen molar-refractivity contribution in [3.8, 4) is 0 Å². The number of carbonyl (C=O) groups excluding carboxylic acids is 4. The van der Waals surface area contributed by atoms with Crippen molar-refractivity contribution >= 4 is 23.8 Å². The molecule has 0 saturated carbocycles. The average Bonchev–Trinajstić information content (AvgIpc) is 3.65. The summed E-state index contributed by atoms with van der Waals surface area (Å²) in [5, 5.41) is 2.60. The molecule has 1 spiro atoms. The predicted octanol–water partition coefficient (Wildman–Crippen LogP) is 2.04. The normalized spacial score (nSPS) is 21.1. The summed E-state index contributed by atoms with van der Waals surface area (Å²) in [6.45, 7) is 2.61. The summed E-state index contributed by atoms with van der Waals surface area (Å²) in [6.07, 6.45) is 3.43. The van der Waals surface area contributed by atoms with Crippen LogP contribution in [0.15, 0.2) is 53.1 Å². The molecule has 1 unspecified atom stereocenters. The highest BCUT2D eigenvalue weighted by molar-refractivity contribution is 5.94. The van der Waals surface area contributed by atoms with E-state index in [4.69, 9.17) is 9.15 Å². The number of likely N-dealkylation sites (tertiary alicyclic amines) is 2. The van der Waals surface area contributed by atoms with Crippen LogP contribution >= 0.6 is 0 Å². The van der Waals surface area contributed by atoms with Crippen molar-refractivity contribution < 1.29 is 28.3 Å². The van der Waals surface area contributed by atoms with Crippen molar-refractivity contribution in [3.63, 3.8) is 0 Å². The summed E-state index contributed by atoms with van der Waals surface area (Å²) in [7, 11) is 0. The van der Waals surface area contributed by atoms with Crippen molar-refractivity contribution in [1.82, 2.24) is 20.0 Å². The summed E-state index contributed by atoms with van der Waals surface area (Å²) in [5.74, 6) is -0.447. The molecule has 1 aromatic heterocycles. The lowest BCUT2D eigenvalue weighted by atomic mass is 9.78. The first-order chi connectivity index (χ1) is 17.4. The van der Waals surface area contributed by atoms with Crippen molar-refractivity contribution in [2.24, 2.45) is 5.41 Å². The third-order valence-corrected chi connectivity index (χ3v) is 7.58. The predicted molar refractivity (Wildman–Crippen MR) is 128 cm³/mol. The molecule has 3 aliphatic rings. The molecule has 0 radical (unpaired) electrons. The van der Waals surface area contributed by atoms with Crippen LogP contribution in [0.25, 0.3) is 0 Å². The fraction of sp³-hybridized carbons (Fsp3) is 0.462. The van der Waals surface area contributed by atoms with E-state index in [1.165, 1.54) is 11.2 Å². The summed E-state index contributed by atoms with van der Waals surface area (Å²) in [4.78, 5) is 55.2. The Morgan fingerprint density at radius 1 is 0.944 bits per heavy atom. The number of ether oxygens (including phenoxy) is 1. The van der Waals surface area contributed by atoms with Gasteiger partial charge in [0.15, 0.2) is 5.76 Å². The minimum absolute atomic E-state index is 0.00550. The van der Waals surface area contributed by atoms with Crippen LogP contribution in [0.3, 0.4) is 0 Å². The molecule has 2 aromatic rings. The number of cyclic esters (lactones) is 1. The van der Waals surface area contributed by atoms with Gasteiger partial charge in [0.25, 0.3) is 5.91 Å². The molecule has 1 N–H and O–H groups in total. The number of rotatable bonds is 6. The summed E-state index contributed by atoms with van der Waals surface area (Å²) < 4.78 is 10.3. The molecule has 0 aliphatic carbocycles. The highest BCUT2D eigenvalue weighted by Crippen LogP contribution is 2.40. The van der Waals surface area contributed by atoms with Gasteiger partial charge in [-0.25, -0.2) is 4.79 Å². The molecule has 36 heavy (non-hydrogen) atoms. The Kier molecular flexibility index (Phi) is 6.67. The van der Waals surface area contributed by atoms with Gasteiger partial charge in [-0.2, -0.15) is 0 Å². The smallest absolute Gasteiger partial charge is 0.410 e. The highest BCUT2D eigenvalue weighted by atomic mass is 16.6. The molecular weight excluding hydrogens is 464 g/mol. The number of nitrogens with one attached hydrogen (secondary N) is 1. The Hall–Kier alpha value is -3.82. The zero-order chi connectivity index (χ0) is 25.1. The van der Waals surface area contributed by atoms with Gasteiger partial charge >= 0.3 is 6.09 Å². The van der Waals surface area contributed by atoms with Crippen molar-refractivity contribution in [2.45, 2.75) is 25.3 Å². The van der Waals surface area contributed by atoms with Gasteiger partial charge in [-0.05, 0) is 42.4 Å². The van der Waals surface area contributed by atoms with E-state index >= 15 is 0 Å². The van der Waals surface area contributed by atoms with Crippen LogP contribution in [-0.2, 0) is 14.3 Å². The van der Waals surface area contributed by atoms with Gasteiger partial charge < -0.3 is 24.3 Å². The molecular formula is C26H30N4O6. The lowest BCUT2D eigenvalue weighted by Crippen LogP contribution is -2.48. The van der Waals surface area contributed by atoms with Gasteiger partial charge in [-0.1, -0.05) is 30.3 Å². The van der Waals surface area contributed by atoms with Crippen LogP contribution in [0, 0.1) is 5.41 Å². The molecule has 4 amide bonds. The second kappa shape index (κ2) is 10.0. The Morgan fingerprint density at radius 2 is 1.67 bits per heavy atom. The van der Waals surface area contributed by atoms with Crippen molar-refractivity contribution in [1.29, 1.82) is 0 Å². The molecule has 1 atom stereocenters. The van der Waals surface area contributed by atoms with Gasteiger partial charge in [-0.3, -0.25) is 19.3 Å². The zero-order valence-electron chi connectivity index (χ0n) is 20.1. The van der Waals surface area contributed by atoms with Crippen LogP contribution in [0.5, 0.6) is 0 Å². The summed E-state index contributed by atoms with van der Waals surface area (Å²) in [5.41, 5.74) is 0.931. The Labute approximate surface area is 209 Å². The van der Waals surface area contributed by atoms with Gasteiger partial charge in [0.05, 0.1) is 18.8 Å². The molecule has 10 heteroatoms. The first kappa shape index (κ1) is 23.9. The van der Waals surface area contributed by atoms with E-state index in [2.05, 4.69) is 5.32 Å². The fourth-order valence-electron chi connectivity index (χ4n) is 5.37. The number of nitrogens with zero attached hydrogens (tertiary/aromatic N) is 3. The standard InChI is InChI=1S/C26H30N4O6/c31-22(15-27-24(33)21-7-4-14-35-21)28-11-8-26(9-12-28)10-13-29(18-26)23(32)16-30-20(17-36-25(30)34)19-5-2-1-3-6-19/h1-7,14,20H,8-13,15-18H2,(H,27,33). The monoisotopic (exact) mass is 494 g/mol. The molecule has 0 bridgehead atoms. The number of piperidine rings is 1. The topological polar surface area (TPSA) is 112 Å².